The molecule has 0 saturated carbocycles. The Labute approximate surface area is 144 Å². The zero-order valence-electron chi connectivity index (χ0n) is 13.0. The van der Waals surface area contributed by atoms with E-state index in [-0.39, 0.29) is 16.5 Å². The van der Waals surface area contributed by atoms with Crippen LogP contribution in [0.5, 0.6) is 0 Å². The molecule has 0 N–H and O–H groups in total. The lowest BCUT2D eigenvalue weighted by Crippen LogP contribution is -2.34. The van der Waals surface area contributed by atoms with Crippen molar-refractivity contribution < 1.29 is 9.31 Å². The number of hydrogen-bond donors (Lipinski definition) is 0. The van der Waals surface area contributed by atoms with Crippen molar-refractivity contribution in [1.82, 2.24) is 4.98 Å². The molecule has 1 aromatic carbocycles. The maximum atomic E-state index is 13.5. The quantitative estimate of drug-likeness (QED) is 0.612. The van der Waals surface area contributed by atoms with Gasteiger partial charge in [0.25, 0.3) is 5.69 Å². The molecule has 5 nitrogen and oxygen atoms in total. The van der Waals surface area contributed by atoms with E-state index in [0.29, 0.717) is 5.92 Å². The average Bonchev–Trinajstić information content (AvgIpc) is 2.59. The van der Waals surface area contributed by atoms with Gasteiger partial charge >= 0.3 is 0 Å². The van der Waals surface area contributed by atoms with E-state index in [1.54, 1.807) is 12.1 Å². The second-order valence-corrected chi connectivity index (χ2v) is 6.42. The van der Waals surface area contributed by atoms with Gasteiger partial charge in [0.1, 0.15) is 17.8 Å². The lowest BCUT2D eigenvalue weighted by molar-refractivity contribution is -0.385. The number of piperidine rings is 1. The van der Waals surface area contributed by atoms with Crippen molar-refractivity contribution in [2.24, 2.45) is 5.92 Å². The number of nitro groups is 1. The Morgan fingerprint density at radius 2 is 2.04 bits per heavy atom. The Balaban J connectivity index is 1.57. The number of anilines is 1. The predicted molar refractivity (Wildman–Crippen MR) is 90.9 cm³/mol. The zero-order chi connectivity index (χ0) is 17.1. The van der Waals surface area contributed by atoms with Crippen molar-refractivity contribution >= 4 is 23.1 Å². The summed E-state index contributed by atoms with van der Waals surface area (Å²) in [6.07, 6.45) is 4.07. The first-order chi connectivity index (χ1) is 11.5. The fourth-order valence-electron chi connectivity index (χ4n) is 3.04. The van der Waals surface area contributed by atoms with Gasteiger partial charge in [-0.1, -0.05) is 17.7 Å². The van der Waals surface area contributed by atoms with Gasteiger partial charge < -0.3 is 4.90 Å². The van der Waals surface area contributed by atoms with Gasteiger partial charge in [-0.05, 0) is 48.9 Å². The standard InChI is InChI=1S/C17H17ClFN3O2/c18-15-3-1-13(10-16(15)19)9-12-5-7-21(8-6-12)17-4-2-14(11-20-17)22(23)24/h1-4,10-12H,5-9H2. The SMILES string of the molecule is O=[N+]([O-])c1ccc(N2CCC(Cc3ccc(Cl)c(F)c3)CC2)nc1. The summed E-state index contributed by atoms with van der Waals surface area (Å²) in [6, 6.07) is 8.14. The van der Waals surface area contributed by atoms with Crippen LogP contribution in [-0.2, 0) is 6.42 Å². The van der Waals surface area contributed by atoms with E-state index in [2.05, 4.69) is 9.88 Å². The van der Waals surface area contributed by atoms with Gasteiger partial charge in [0.15, 0.2) is 0 Å². The van der Waals surface area contributed by atoms with Crippen molar-refractivity contribution in [1.29, 1.82) is 0 Å². The first kappa shape index (κ1) is 16.6. The highest BCUT2D eigenvalue weighted by molar-refractivity contribution is 6.30. The van der Waals surface area contributed by atoms with Crippen LogP contribution in [0, 0.1) is 21.8 Å². The molecule has 1 aliphatic heterocycles. The molecule has 3 rings (SSSR count). The van der Waals surface area contributed by atoms with Gasteiger partial charge in [0.2, 0.25) is 0 Å². The normalized spacial score (nSPS) is 15.5. The van der Waals surface area contributed by atoms with Gasteiger partial charge in [-0.25, -0.2) is 9.37 Å². The molecule has 126 valence electrons. The fraction of sp³-hybridized carbons (Fsp3) is 0.353. The van der Waals surface area contributed by atoms with Crippen LogP contribution >= 0.6 is 11.6 Å². The molecule has 1 saturated heterocycles. The summed E-state index contributed by atoms with van der Waals surface area (Å²) in [5.74, 6) is 0.873. The van der Waals surface area contributed by atoms with E-state index in [9.17, 15) is 14.5 Å². The van der Waals surface area contributed by atoms with Crippen LogP contribution in [0.25, 0.3) is 0 Å². The van der Waals surface area contributed by atoms with Crippen LogP contribution in [0.2, 0.25) is 5.02 Å². The van der Waals surface area contributed by atoms with Crippen molar-refractivity contribution in [3.05, 3.63) is 63.0 Å². The van der Waals surface area contributed by atoms with E-state index in [4.69, 9.17) is 11.6 Å². The smallest absolute Gasteiger partial charge is 0.287 e. The molecule has 0 amide bonds. The molecule has 2 heterocycles. The molecule has 7 heteroatoms. The van der Waals surface area contributed by atoms with E-state index in [1.165, 1.54) is 18.3 Å². The summed E-state index contributed by atoms with van der Waals surface area (Å²) in [5.41, 5.74) is 0.960. The lowest BCUT2D eigenvalue weighted by atomic mass is 9.90. The molecule has 0 radical (unpaired) electrons. The van der Waals surface area contributed by atoms with Gasteiger partial charge in [-0.2, -0.15) is 0 Å². The molecule has 0 bridgehead atoms. The topological polar surface area (TPSA) is 59.3 Å². The molecular weight excluding hydrogens is 333 g/mol. The summed E-state index contributed by atoms with van der Waals surface area (Å²) in [6.45, 7) is 1.68. The summed E-state index contributed by atoms with van der Waals surface area (Å²) < 4.78 is 13.5. The van der Waals surface area contributed by atoms with Crippen molar-refractivity contribution in [2.45, 2.75) is 19.3 Å². The van der Waals surface area contributed by atoms with Crippen molar-refractivity contribution in [3.63, 3.8) is 0 Å². The minimum Gasteiger partial charge on any atom is -0.357 e. The number of hydrogen-bond acceptors (Lipinski definition) is 4. The van der Waals surface area contributed by atoms with Gasteiger partial charge in [-0.3, -0.25) is 10.1 Å². The first-order valence-corrected chi connectivity index (χ1v) is 8.20. The highest BCUT2D eigenvalue weighted by Gasteiger charge is 2.21. The second-order valence-electron chi connectivity index (χ2n) is 6.01. The number of benzene rings is 1. The van der Waals surface area contributed by atoms with Crippen LogP contribution in [0.4, 0.5) is 15.9 Å². The van der Waals surface area contributed by atoms with Crippen molar-refractivity contribution in [2.75, 3.05) is 18.0 Å². The second kappa shape index (κ2) is 7.13. The van der Waals surface area contributed by atoms with Gasteiger partial charge in [-0.15, -0.1) is 0 Å². The van der Waals surface area contributed by atoms with Crippen LogP contribution in [0.15, 0.2) is 36.5 Å². The molecule has 1 fully saturated rings. The molecule has 0 aliphatic carbocycles. The molecule has 0 atom stereocenters. The van der Waals surface area contributed by atoms with E-state index in [1.807, 2.05) is 6.07 Å². The van der Waals surface area contributed by atoms with Crippen LogP contribution in [-0.4, -0.2) is 23.0 Å². The molecule has 0 spiro atoms. The third-order valence-corrected chi connectivity index (χ3v) is 4.70. The third-order valence-electron chi connectivity index (χ3n) is 4.39. The zero-order valence-corrected chi connectivity index (χ0v) is 13.7. The minimum atomic E-state index is -0.450. The average molecular weight is 350 g/mol. The van der Waals surface area contributed by atoms with E-state index < -0.39 is 4.92 Å². The molecule has 0 unspecified atom stereocenters. The van der Waals surface area contributed by atoms with Crippen molar-refractivity contribution in [3.8, 4) is 0 Å². The lowest BCUT2D eigenvalue weighted by Gasteiger charge is -2.32. The summed E-state index contributed by atoms with van der Waals surface area (Å²) in [7, 11) is 0. The number of rotatable bonds is 4. The Bertz CT molecular complexity index is 731. The van der Waals surface area contributed by atoms with Gasteiger partial charge in [0, 0.05) is 19.2 Å². The Morgan fingerprint density at radius 3 is 2.62 bits per heavy atom. The summed E-state index contributed by atoms with van der Waals surface area (Å²) in [5, 5.41) is 10.8. The van der Waals surface area contributed by atoms with Gasteiger partial charge in [0.05, 0.1) is 9.95 Å². The minimum absolute atomic E-state index is 0.00148. The number of halogens is 2. The molecular formula is C17H17ClFN3O2. The molecule has 2 aromatic rings. The number of nitrogens with zero attached hydrogens (tertiary/aromatic N) is 3. The summed E-state index contributed by atoms with van der Waals surface area (Å²) >= 11 is 5.71. The number of aromatic nitrogens is 1. The maximum absolute atomic E-state index is 13.5. The predicted octanol–water partition coefficient (Wildman–Crippen LogP) is 4.24. The Kier molecular flexibility index (Phi) is 4.94. The Morgan fingerprint density at radius 1 is 1.29 bits per heavy atom. The van der Waals surface area contributed by atoms with Crippen LogP contribution < -0.4 is 4.90 Å². The maximum Gasteiger partial charge on any atom is 0.287 e. The summed E-state index contributed by atoms with van der Waals surface area (Å²) in [4.78, 5) is 16.5. The van der Waals surface area contributed by atoms with E-state index >= 15 is 0 Å². The first-order valence-electron chi connectivity index (χ1n) is 7.82. The molecule has 1 aliphatic rings. The van der Waals surface area contributed by atoms with Crippen LogP contribution in [0.3, 0.4) is 0 Å². The van der Waals surface area contributed by atoms with Crippen LogP contribution in [0.1, 0.15) is 18.4 Å². The highest BCUT2D eigenvalue weighted by atomic mass is 35.5. The number of pyridine rings is 1. The highest BCUT2D eigenvalue weighted by Crippen LogP contribution is 2.26. The van der Waals surface area contributed by atoms with E-state index in [0.717, 1.165) is 43.7 Å². The third kappa shape index (κ3) is 3.82. The molecule has 1 aromatic heterocycles. The monoisotopic (exact) mass is 349 g/mol. The largest absolute Gasteiger partial charge is 0.357 e. The Hall–Kier alpha value is -2.21. The molecule has 24 heavy (non-hydrogen) atoms. The fourth-order valence-corrected chi connectivity index (χ4v) is 3.16.